The monoisotopic (exact) mass is 704 g/mol. The van der Waals surface area contributed by atoms with Gasteiger partial charge in [-0.3, -0.25) is 9.59 Å². The number of nitrogens with one attached hydrogen (secondary N) is 2. The Morgan fingerprint density at radius 2 is 1.62 bits per heavy atom. The third-order valence-corrected chi connectivity index (χ3v) is 9.56. The number of anilines is 2. The number of hydrogen-bond acceptors (Lipinski definition) is 6. The lowest BCUT2D eigenvalue weighted by Crippen LogP contribution is -2.48. The van der Waals surface area contributed by atoms with Crippen LogP contribution < -0.4 is 15.4 Å². The average Bonchev–Trinajstić information content (AvgIpc) is 3.09. The van der Waals surface area contributed by atoms with Gasteiger partial charge in [-0.05, 0) is 88.4 Å². The molecule has 1 fully saturated rings. The van der Waals surface area contributed by atoms with Gasteiger partial charge in [-0.1, -0.05) is 26.2 Å². The van der Waals surface area contributed by atoms with Gasteiger partial charge in [0.2, 0.25) is 5.91 Å². The lowest BCUT2D eigenvalue weighted by Gasteiger charge is -2.36. The van der Waals surface area contributed by atoms with Gasteiger partial charge in [0, 0.05) is 50.0 Å². The number of aliphatic hydroxyl groups excluding tert-OH is 1. The number of urea groups is 1. The zero-order valence-corrected chi connectivity index (χ0v) is 29.4. The number of carbonyl (C=O) groups excluding carboxylic acids is 3. The molecule has 4 amide bonds. The van der Waals surface area contributed by atoms with Crippen molar-refractivity contribution in [1.29, 1.82) is 0 Å². The fraction of sp³-hybridized carbons (Fsp3) is 0.595. The molecule has 50 heavy (non-hydrogen) atoms. The zero-order valence-electron chi connectivity index (χ0n) is 29.4. The maximum absolute atomic E-state index is 14.4. The zero-order chi connectivity index (χ0) is 36.4. The SMILES string of the molecule is C[C@@H]1CCCCO[C@H](CN(C)C(=O)C2CCCCC2)[C@@H](C)CN([C@@H](C)CO)C(=O)c2cc(NC(=O)Nc3ccc(C(F)(F)F)cc3)ccc2O1. The van der Waals surface area contributed by atoms with Crippen molar-refractivity contribution in [3.05, 3.63) is 53.6 Å². The minimum Gasteiger partial charge on any atom is -0.490 e. The fourth-order valence-electron chi connectivity index (χ4n) is 6.52. The number of aliphatic hydroxyl groups is 1. The van der Waals surface area contributed by atoms with Crippen LogP contribution in [0.25, 0.3) is 0 Å². The van der Waals surface area contributed by atoms with E-state index in [0.29, 0.717) is 25.3 Å². The van der Waals surface area contributed by atoms with E-state index in [1.54, 1.807) is 28.9 Å². The summed E-state index contributed by atoms with van der Waals surface area (Å²) in [6.45, 7) is 6.42. The molecule has 276 valence electrons. The van der Waals surface area contributed by atoms with Crippen molar-refractivity contribution >= 4 is 29.2 Å². The van der Waals surface area contributed by atoms with Crippen LogP contribution in [0.4, 0.5) is 29.3 Å². The number of fused-ring (bicyclic) bond motifs is 1. The van der Waals surface area contributed by atoms with Crippen molar-refractivity contribution in [2.45, 2.75) is 96.6 Å². The Labute approximate surface area is 292 Å². The Balaban J connectivity index is 1.57. The minimum absolute atomic E-state index is 0.0212. The van der Waals surface area contributed by atoms with Crippen molar-refractivity contribution in [1.82, 2.24) is 9.80 Å². The van der Waals surface area contributed by atoms with Crippen LogP contribution in [-0.4, -0.2) is 84.4 Å². The van der Waals surface area contributed by atoms with Gasteiger partial charge in [-0.15, -0.1) is 0 Å². The summed E-state index contributed by atoms with van der Waals surface area (Å²) in [7, 11) is 1.81. The van der Waals surface area contributed by atoms with E-state index >= 15 is 0 Å². The molecular weight excluding hydrogens is 653 g/mol. The van der Waals surface area contributed by atoms with Gasteiger partial charge in [0.25, 0.3) is 5.91 Å². The number of alkyl halides is 3. The lowest BCUT2D eigenvalue weighted by molar-refractivity contribution is -0.138. The Kier molecular flexibility index (Phi) is 13.9. The van der Waals surface area contributed by atoms with Crippen LogP contribution in [0.2, 0.25) is 0 Å². The molecule has 4 atom stereocenters. The first-order valence-corrected chi connectivity index (χ1v) is 17.6. The third kappa shape index (κ3) is 10.8. The van der Waals surface area contributed by atoms with Crippen molar-refractivity contribution in [2.24, 2.45) is 11.8 Å². The molecule has 0 spiro atoms. The van der Waals surface area contributed by atoms with Crippen LogP contribution in [0.15, 0.2) is 42.5 Å². The van der Waals surface area contributed by atoms with Crippen LogP contribution in [-0.2, 0) is 15.7 Å². The highest BCUT2D eigenvalue weighted by Crippen LogP contribution is 2.31. The molecule has 10 nitrogen and oxygen atoms in total. The highest BCUT2D eigenvalue weighted by molar-refractivity contribution is 6.02. The van der Waals surface area contributed by atoms with Crippen LogP contribution in [0.3, 0.4) is 0 Å². The number of hydrogen-bond donors (Lipinski definition) is 3. The Bertz CT molecular complexity index is 1430. The van der Waals surface area contributed by atoms with E-state index in [9.17, 15) is 32.7 Å². The highest BCUT2D eigenvalue weighted by atomic mass is 19.4. The van der Waals surface area contributed by atoms with E-state index in [1.807, 2.05) is 20.9 Å². The van der Waals surface area contributed by atoms with Crippen molar-refractivity contribution in [3.8, 4) is 5.75 Å². The van der Waals surface area contributed by atoms with E-state index in [4.69, 9.17) is 9.47 Å². The first-order chi connectivity index (χ1) is 23.8. The second-order valence-corrected chi connectivity index (χ2v) is 13.7. The van der Waals surface area contributed by atoms with Gasteiger partial charge in [0.15, 0.2) is 0 Å². The molecule has 3 N–H and O–H groups in total. The van der Waals surface area contributed by atoms with Crippen LogP contribution in [0.1, 0.15) is 88.1 Å². The molecule has 0 unspecified atom stereocenters. The molecule has 1 aliphatic carbocycles. The number of rotatable bonds is 7. The molecule has 0 radical (unpaired) electrons. The summed E-state index contributed by atoms with van der Waals surface area (Å²) in [5, 5.41) is 15.4. The first kappa shape index (κ1) is 39.0. The Morgan fingerprint density at radius 1 is 0.980 bits per heavy atom. The molecule has 13 heteroatoms. The summed E-state index contributed by atoms with van der Waals surface area (Å²) in [5.74, 6) is -0.167. The number of nitrogens with zero attached hydrogens (tertiary/aromatic N) is 2. The smallest absolute Gasteiger partial charge is 0.416 e. The molecule has 4 rings (SSSR count). The van der Waals surface area contributed by atoms with Gasteiger partial charge in [-0.25, -0.2) is 4.79 Å². The van der Waals surface area contributed by atoms with Crippen molar-refractivity contribution < 1.29 is 42.1 Å². The molecule has 2 aromatic carbocycles. The van der Waals surface area contributed by atoms with Gasteiger partial charge in [-0.2, -0.15) is 13.2 Å². The standard InChI is InChI=1S/C37H51F3N4O6/c1-24-21-44(25(2)23-45)35(47)31-20-30(42-36(48)41-29-15-13-28(14-16-29)37(38,39)40)17-18-32(31)50-26(3)10-8-9-19-49-33(24)22-43(4)34(46)27-11-6-5-7-12-27/h13-18,20,24-27,33,45H,5-12,19,21-23H2,1-4H3,(H2,41,42,48)/t24-,25-,26+,33+/m0/s1. The quantitative estimate of drug-likeness (QED) is 0.281. The summed E-state index contributed by atoms with van der Waals surface area (Å²) in [6.07, 6.45) is 2.27. The summed E-state index contributed by atoms with van der Waals surface area (Å²) in [6, 6.07) is 7.44. The van der Waals surface area contributed by atoms with E-state index in [1.165, 1.54) is 6.07 Å². The van der Waals surface area contributed by atoms with Gasteiger partial charge < -0.3 is 35.0 Å². The number of carbonyl (C=O) groups is 3. The maximum Gasteiger partial charge on any atom is 0.416 e. The van der Waals surface area contributed by atoms with E-state index in [2.05, 4.69) is 10.6 Å². The highest BCUT2D eigenvalue weighted by Gasteiger charge is 2.33. The fourth-order valence-corrected chi connectivity index (χ4v) is 6.52. The number of amides is 4. The normalized spacial score (nSPS) is 22.0. The molecule has 0 saturated heterocycles. The predicted molar refractivity (Wildman–Crippen MR) is 185 cm³/mol. The molecule has 2 aliphatic rings. The molecule has 1 heterocycles. The van der Waals surface area contributed by atoms with E-state index < -0.39 is 29.7 Å². The summed E-state index contributed by atoms with van der Waals surface area (Å²) in [5.41, 5.74) is -0.249. The predicted octanol–water partition coefficient (Wildman–Crippen LogP) is 7.18. The van der Waals surface area contributed by atoms with Crippen LogP contribution in [0, 0.1) is 11.8 Å². The van der Waals surface area contributed by atoms with Crippen LogP contribution >= 0.6 is 0 Å². The van der Waals surface area contributed by atoms with Crippen LogP contribution in [0.5, 0.6) is 5.75 Å². The molecule has 0 bridgehead atoms. The second kappa shape index (κ2) is 17.9. The Morgan fingerprint density at radius 3 is 2.28 bits per heavy atom. The first-order valence-electron chi connectivity index (χ1n) is 17.6. The van der Waals surface area contributed by atoms with Gasteiger partial charge in [0.05, 0.1) is 36.0 Å². The summed E-state index contributed by atoms with van der Waals surface area (Å²) >= 11 is 0. The molecule has 1 aliphatic heterocycles. The average molecular weight is 705 g/mol. The van der Waals surface area contributed by atoms with E-state index in [-0.39, 0.29) is 60.0 Å². The minimum atomic E-state index is -4.50. The molecule has 1 saturated carbocycles. The summed E-state index contributed by atoms with van der Waals surface area (Å²) in [4.78, 5) is 43.8. The second-order valence-electron chi connectivity index (χ2n) is 13.7. The Hall–Kier alpha value is -3.84. The number of benzene rings is 2. The van der Waals surface area contributed by atoms with Gasteiger partial charge >= 0.3 is 12.2 Å². The van der Waals surface area contributed by atoms with Crippen molar-refractivity contribution in [3.63, 3.8) is 0 Å². The number of likely N-dealkylation sites (N-methyl/N-ethyl adjacent to an activating group) is 1. The maximum atomic E-state index is 14.4. The summed E-state index contributed by atoms with van der Waals surface area (Å²) < 4.78 is 51.5. The molecular formula is C37H51F3N4O6. The molecule has 2 aromatic rings. The van der Waals surface area contributed by atoms with E-state index in [0.717, 1.165) is 69.2 Å². The van der Waals surface area contributed by atoms with Crippen molar-refractivity contribution in [2.75, 3.05) is 44.0 Å². The van der Waals surface area contributed by atoms with Gasteiger partial charge in [0.1, 0.15) is 5.75 Å². The lowest BCUT2D eigenvalue weighted by atomic mass is 9.88. The number of ether oxygens (including phenoxy) is 2. The molecule has 0 aromatic heterocycles. The topological polar surface area (TPSA) is 120 Å². The largest absolute Gasteiger partial charge is 0.490 e. The third-order valence-electron chi connectivity index (χ3n) is 9.56. The number of halogens is 3.